The first-order chi connectivity index (χ1) is 10.0. The molecule has 1 saturated heterocycles. The fourth-order valence-corrected chi connectivity index (χ4v) is 3.32. The fourth-order valence-electron chi connectivity index (χ4n) is 3.32. The number of alkyl halides is 3. The Morgan fingerprint density at radius 3 is 2.43 bits per heavy atom. The predicted octanol–water partition coefficient (Wildman–Crippen LogP) is 3.37. The van der Waals surface area contributed by atoms with E-state index in [0.717, 1.165) is 25.9 Å². The number of piperidine rings is 1. The molecular weight excluding hydrogens is 283 g/mol. The van der Waals surface area contributed by atoms with Crippen LogP contribution in [-0.2, 0) is 0 Å². The molecule has 2 fully saturated rings. The summed E-state index contributed by atoms with van der Waals surface area (Å²) in [5.74, 6) is 0.314. The highest BCUT2D eigenvalue weighted by molar-refractivity contribution is 5.02. The first-order valence-electron chi connectivity index (χ1n) is 7.65. The Balaban J connectivity index is 1.60. The molecule has 7 heteroatoms. The number of nitrogens with zero attached hydrogens (tertiary/aromatic N) is 2. The quantitative estimate of drug-likeness (QED) is 0.910. The van der Waals surface area contributed by atoms with E-state index in [9.17, 15) is 13.2 Å². The second-order valence-corrected chi connectivity index (χ2v) is 6.12. The molecule has 1 aromatic heterocycles. The maximum absolute atomic E-state index is 12.7. The van der Waals surface area contributed by atoms with Gasteiger partial charge in [-0.3, -0.25) is 0 Å². The van der Waals surface area contributed by atoms with E-state index in [1.807, 2.05) is 0 Å². The Hall–Kier alpha value is -1.11. The first kappa shape index (κ1) is 14.8. The maximum Gasteiger partial charge on any atom is 0.391 e. The Bertz CT molecular complexity index is 460. The molecule has 21 heavy (non-hydrogen) atoms. The zero-order valence-electron chi connectivity index (χ0n) is 11.8. The minimum absolute atomic E-state index is 0.0126. The molecule has 0 amide bonds. The van der Waals surface area contributed by atoms with E-state index in [1.54, 1.807) is 0 Å². The van der Waals surface area contributed by atoms with Crippen molar-refractivity contribution in [3.8, 4) is 0 Å². The Morgan fingerprint density at radius 2 is 1.81 bits per heavy atom. The van der Waals surface area contributed by atoms with E-state index in [1.165, 1.54) is 0 Å². The maximum atomic E-state index is 12.7. The summed E-state index contributed by atoms with van der Waals surface area (Å²) < 4.78 is 43.3. The van der Waals surface area contributed by atoms with Crippen LogP contribution in [0.2, 0.25) is 0 Å². The second kappa shape index (κ2) is 5.94. The van der Waals surface area contributed by atoms with Crippen LogP contribution in [0.3, 0.4) is 0 Å². The SMILES string of the molecule is FC(F)(F)C1CCC(c2nc(C3CCCNC3)no2)CC1. The molecule has 3 rings (SSSR count). The van der Waals surface area contributed by atoms with Gasteiger partial charge in [0.15, 0.2) is 5.82 Å². The number of nitrogens with one attached hydrogen (secondary N) is 1. The number of hydrogen-bond acceptors (Lipinski definition) is 4. The lowest BCUT2D eigenvalue weighted by Gasteiger charge is -2.27. The standard InChI is InChI=1S/C14H20F3N3O/c15-14(16,17)11-5-3-9(4-6-11)13-19-12(20-21-13)10-2-1-7-18-8-10/h9-11,18H,1-8H2. The Morgan fingerprint density at radius 1 is 1.05 bits per heavy atom. The summed E-state index contributed by atoms with van der Waals surface area (Å²) in [6, 6.07) is 0. The van der Waals surface area contributed by atoms with E-state index in [-0.39, 0.29) is 24.7 Å². The highest BCUT2D eigenvalue weighted by Gasteiger charge is 2.42. The van der Waals surface area contributed by atoms with Gasteiger partial charge >= 0.3 is 6.18 Å². The highest BCUT2D eigenvalue weighted by atomic mass is 19.4. The lowest BCUT2D eigenvalue weighted by atomic mass is 9.81. The molecule has 1 atom stereocenters. The van der Waals surface area contributed by atoms with Crippen LogP contribution in [0, 0.1) is 5.92 Å². The molecule has 1 unspecified atom stereocenters. The average molecular weight is 303 g/mol. The van der Waals surface area contributed by atoms with E-state index >= 15 is 0 Å². The van der Waals surface area contributed by atoms with Crippen molar-refractivity contribution in [2.45, 2.75) is 56.5 Å². The van der Waals surface area contributed by atoms with Crippen molar-refractivity contribution in [2.75, 3.05) is 13.1 Å². The van der Waals surface area contributed by atoms with Crippen molar-refractivity contribution >= 4 is 0 Å². The lowest BCUT2D eigenvalue weighted by molar-refractivity contribution is -0.182. The zero-order valence-corrected chi connectivity index (χ0v) is 11.8. The Labute approximate surface area is 121 Å². The predicted molar refractivity (Wildman–Crippen MR) is 69.9 cm³/mol. The third-order valence-corrected chi connectivity index (χ3v) is 4.66. The molecule has 0 radical (unpaired) electrons. The van der Waals surface area contributed by atoms with Gasteiger partial charge in [0.25, 0.3) is 0 Å². The lowest BCUT2D eigenvalue weighted by Crippen LogP contribution is -2.29. The molecule has 1 aliphatic heterocycles. The molecule has 0 bridgehead atoms. The molecule has 118 valence electrons. The zero-order chi connectivity index (χ0) is 14.9. The summed E-state index contributed by atoms with van der Waals surface area (Å²) in [7, 11) is 0. The summed E-state index contributed by atoms with van der Waals surface area (Å²) in [6.07, 6.45) is -0.659. The Kier molecular flexibility index (Phi) is 4.19. The minimum atomic E-state index is -4.07. The van der Waals surface area contributed by atoms with Gasteiger partial charge in [0.1, 0.15) is 0 Å². The molecule has 1 saturated carbocycles. The minimum Gasteiger partial charge on any atom is -0.339 e. The van der Waals surface area contributed by atoms with Gasteiger partial charge in [0.05, 0.1) is 5.92 Å². The monoisotopic (exact) mass is 303 g/mol. The van der Waals surface area contributed by atoms with Gasteiger partial charge in [0.2, 0.25) is 5.89 Å². The van der Waals surface area contributed by atoms with Gasteiger partial charge in [0, 0.05) is 18.4 Å². The molecule has 1 aromatic rings. The van der Waals surface area contributed by atoms with Gasteiger partial charge in [-0.15, -0.1) is 0 Å². The van der Waals surface area contributed by atoms with Crippen LogP contribution in [0.4, 0.5) is 13.2 Å². The smallest absolute Gasteiger partial charge is 0.339 e. The van der Waals surface area contributed by atoms with E-state index in [2.05, 4.69) is 15.5 Å². The van der Waals surface area contributed by atoms with E-state index in [0.29, 0.717) is 24.6 Å². The van der Waals surface area contributed by atoms with Gasteiger partial charge in [-0.25, -0.2) is 0 Å². The number of halogens is 3. The van der Waals surface area contributed by atoms with Gasteiger partial charge in [-0.05, 0) is 45.1 Å². The van der Waals surface area contributed by atoms with Crippen molar-refractivity contribution in [2.24, 2.45) is 5.92 Å². The summed E-state index contributed by atoms with van der Waals surface area (Å²) in [6.45, 7) is 1.86. The number of aromatic nitrogens is 2. The van der Waals surface area contributed by atoms with E-state index in [4.69, 9.17) is 4.52 Å². The van der Waals surface area contributed by atoms with Crippen LogP contribution < -0.4 is 5.32 Å². The van der Waals surface area contributed by atoms with Crippen molar-refractivity contribution < 1.29 is 17.7 Å². The van der Waals surface area contributed by atoms with Crippen molar-refractivity contribution in [1.82, 2.24) is 15.5 Å². The van der Waals surface area contributed by atoms with Crippen LogP contribution in [0.15, 0.2) is 4.52 Å². The molecule has 0 aromatic carbocycles. The van der Waals surface area contributed by atoms with E-state index < -0.39 is 12.1 Å². The first-order valence-corrected chi connectivity index (χ1v) is 7.65. The molecule has 2 aliphatic rings. The van der Waals surface area contributed by atoms with Crippen molar-refractivity contribution in [1.29, 1.82) is 0 Å². The van der Waals surface area contributed by atoms with Gasteiger partial charge < -0.3 is 9.84 Å². The van der Waals surface area contributed by atoms with Gasteiger partial charge in [-0.1, -0.05) is 5.16 Å². The van der Waals surface area contributed by atoms with Crippen LogP contribution >= 0.6 is 0 Å². The molecule has 1 aliphatic carbocycles. The molecule has 0 spiro atoms. The molecule has 1 N–H and O–H groups in total. The van der Waals surface area contributed by atoms with Gasteiger partial charge in [-0.2, -0.15) is 18.2 Å². The molecule has 2 heterocycles. The number of rotatable bonds is 2. The van der Waals surface area contributed by atoms with Crippen LogP contribution in [-0.4, -0.2) is 29.4 Å². The fraction of sp³-hybridized carbons (Fsp3) is 0.857. The summed E-state index contributed by atoms with van der Waals surface area (Å²) in [4.78, 5) is 4.45. The summed E-state index contributed by atoms with van der Waals surface area (Å²) >= 11 is 0. The van der Waals surface area contributed by atoms with Crippen LogP contribution in [0.25, 0.3) is 0 Å². The normalized spacial score (nSPS) is 31.3. The molecular formula is C14H20F3N3O. The second-order valence-electron chi connectivity index (χ2n) is 6.12. The third kappa shape index (κ3) is 3.39. The average Bonchev–Trinajstić information content (AvgIpc) is 2.97. The van der Waals surface area contributed by atoms with Crippen LogP contribution in [0.1, 0.15) is 62.1 Å². The molecule has 4 nitrogen and oxygen atoms in total. The van der Waals surface area contributed by atoms with Crippen LogP contribution in [0.5, 0.6) is 0 Å². The highest BCUT2D eigenvalue weighted by Crippen LogP contribution is 2.42. The third-order valence-electron chi connectivity index (χ3n) is 4.66. The number of hydrogen-bond donors (Lipinski definition) is 1. The summed E-state index contributed by atoms with van der Waals surface area (Å²) in [5, 5.41) is 7.33. The summed E-state index contributed by atoms with van der Waals surface area (Å²) in [5.41, 5.74) is 0. The largest absolute Gasteiger partial charge is 0.391 e. The van der Waals surface area contributed by atoms with Crippen molar-refractivity contribution in [3.63, 3.8) is 0 Å². The topological polar surface area (TPSA) is 51.0 Å². The van der Waals surface area contributed by atoms with Crippen molar-refractivity contribution in [3.05, 3.63) is 11.7 Å².